The molecule has 0 saturated heterocycles. The van der Waals surface area contributed by atoms with Gasteiger partial charge in [0, 0.05) is 34.5 Å². The number of hydrogen-bond donors (Lipinski definition) is 3. The highest BCUT2D eigenvalue weighted by atomic mass is 32.2. The van der Waals surface area contributed by atoms with Crippen LogP contribution in [0.5, 0.6) is 0 Å². The second kappa shape index (κ2) is 11.7. The first-order valence-electron chi connectivity index (χ1n) is 11.0. The number of pyridine rings is 2. The largest absolute Gasteiger partial charge is 0.383 e. The quantitative estimate of drug-likeness (QED) is 0.249. The minimum absolute atomic E-state index is 0.0202. The molecule has 0 unspecified atom stereocenters. The van der Waals surface area contributed by atoms with Gasteiger partial charge in [-0.1, -0.05) is 12.1 Å². The van der Waals surface area contributed by atoms with Crippen LogP contribution in [0.15, 0.2) is 76.1 Å². The highest BCUT2D eigenvalue weighted by Crippen LogP contribution is 2.37. The molecule has 0 aliphatic heterocycles. The lowest BCUT2D eigenvalue weighted by atomic mass is 10.0. The monoisotopic (exact) mass is 561 g/mol. The number of carbonyl (C=O) groups excluding carboxylic acids is 1. The van der Waals surface area contributed by atoms with E-state index in [0.717, 1.165) is 4.88 Å². The van der Waals surface area contributed by atoms with Crippen LogP contribution in [-0.4, -0.2) is 30.0 Å². The molecule has 4 aromatic rings. The van der Waals surface area contributed by atoms with Crippen molar-refractivity contribution in [2.45, 2.75) is 16.3 Å². The molecule has 3 heterocycles. The van der Waals surface area contributed by atoms with Crippen molar-refractivity contribution in [1.82, 2.24) is 9.97 Å². The molecule has 0 atom stereocenters. The van der Waals surface area contributed by atoms with Gasteiger partial charge in [0.05, 0.1) is 10.5 Å². The first-order chi connectivity index (χ1) is 18.3. The van der Waals surface area contributed by atoms with Crippen molar-refractivity contribution in [3.05, 3.63) is 77.3 Å². The highest BCUT2D eigenvalue weighted by Gasteiger charge is 2.21. The van der Waals surface area contributed by atoms with Gasteiger partial charge in [0.2, 0.25) is 5.91 Å². The molecule has 3 aromatic heterocycles. The summed E-state index contributed by atoms with van der Waals surface area (Å²) < 4.78 is 27.4. The maximum absolute atomic E-state index is 12.5. The van der Waals surface area contributed by atoms with Crippen molar-refractivity contribution >= 4 is 56.4 Å². The van der Waals surface area contributed by atoms with E-state index in [1.54, 1.807) is 18.2 Å². The average Bonchev–Trinajstić information content (AvgIpc) is 3.44. The molecule has 0 aliphatic rings. The van der Waals surface area contributed by atoms with Crippen molar-refractivity contribution in [2.24, 2.45) is 0 Å². The third kappa shape index (κ3) is 6.10. The number of carbonyl (C=O) groups is 1. The van der Waals surface area contributed by atoms with Crippen LogP contribution in [0.4, 0.5) is 17.3 Å². The number of nitrogens with two attached hydrogens (primary N) is 1. The number of anilines is 3. The van der Waals surface area contributed by atoms with Crippen LogP contribution < -0.4 is 15.8 Å². The van der Waals surface area contributed by atoms with E-state index in [4.69, 9.17) is 5.73 Å². The number of thioether (sulfide) groups is 1. The molecule has 13 heteroatoms. The van der Waals surface area contributed by atoms with Crippen molar-refractivity contribution in [2.75, 3.05) is 21.5 Å². The predicted molar refractivity (Wildman–Crippen MR) is 147 cm³/mol. The Morgan fingerprint density at radius 2 is 1.82 bits per heavy atom. The molecular formula is C25H19N7O3S3. The van der Waals surface area contributed by atoms with Crippen molar-refractivity contribution in [3.63, 3.8) is 0 Å². The summed E-state index contributed by atoms with van der Waals surface area (Å²) in [5.41, 5.74) is 7.25. The summed E-state index contributed by atoms with van der Waals surface area (Å²) in [6, 6.07) is 18.4. The third-order valence-corrected chi connectivity index (χ3v) is 8.34. The Morgan fingerprint density at radius 1 is 1.05 bits per heavy atom. The lowest BCUT2D eigenvalue weighted by Crippen LogP contribution is -2.15. The fourth-order valence-electron chi connectivity index (χ4n) is 3.37. The normalized spacial score (nSPS) is 10.8. The maximum atomic E-state index is 12.5. The summed E-state index contributed by atoms with van der Waals surface area (Å²) in [4.78, 5) is 21.4. The van der Waals surface area contributed by atoms with Crippen molar-refractivity contribution in [3.8, 4) is 22.6 Å². The zero-order valence-electron chi connectivity index (χ0n) is 19.6. The van der Waals surface area contributed by atoms with E-state index >= 15 is 0 Å². The maximum Gasteiger partial charge on any atom is 0.263 e. The number of nitriles is 2. The van der Waals surface area contributed by atoms with Gasteiger partial charge in [0.1, 0.15) is 34.4 Å². The SMILES string of the molecule is N#Cc1c(N)nc(SCCC(=O)Nc2ccc(S(=O)(=O)Nc3ccccn3)cc2)c(C#N)c1-c1cccs1. The Hall–Kier alpha value is -4.43. The van der Waals surface area contributed by atoms with E-state index in [1.165, 1.54) is 59.6 Å². The van der Waals surface area contributed by atoms with Crippen LogP contribution >= 0.6 is 23.1 Å². The zero-order valence-corrected chi connectivity index (χ0v) is 22.0. The molecule has 38 heavy (non-hydrogen) atoms. The molecule has 4 rings (SSSR count). The van der Waals surface area contributed by atoms with Crippen LogP contribution in [0.3, 0.4) is 0 Å². The third-order valence-electron chi connectivity index (χ3n) is 5.10. The zero-order chi connectivity index (χ0) is 27.1. The standard InChI is InChI=1S/C25H19N7O3S3/c26-14-18-23(20-4-3-12-36-20)19(15-27)25(31-24(18)28)37-13-10-22(33)30-16-6-8-17(9-7-16)38(34,35)32-21-5-1-2-11-29-21/h1-9,11-12H,10,13H2,(H2,28,31)(H,29,32)(H,30,33). The van der Waals surface area contributed by atoms with E-state index in [0.29, 0.717) is 22.0 Å². The molecule has 190 valence electrons. The average molecular weight is 562 g/mol. The highest BCUT2D eigenvalue weighted by molar-refractivity contribution is 7.99. The number of thiophene rings is 1. The van der Waals surface area contributed by atoms with E-state index in [1.807, 2.05) is 17.5 Å². The molecule has 0 radical (unpaired) electrons. The summed E-state index contributed by atoms with van der Waals surface area (Å²) in [5.74, 6) is 0.208. The summed E-state index contributed by atoms with van der Waals surface area (Å²) in [5, 5.41) is 24.2. The van der Waals surface area contributed by atoms with Gasteiger partial charge >= 0.3 is 0 Å². The minimum atomic E-state index is -3.83. The van der Waals surface area contributed by atoms with Crippen molar-refractivity contribution < 1.29 is 13.2 Å². The fourth-order valence-corrected chi connectivity index (χ4v) is 6.10. The van der Waals surface area contributed by atoms with E-state index < -0.39 is 10.0 Å². The van der Waals surface area contributed by atoms with Crippen LogP contribution in [-0.2, 0) is 14.8 Å². The smallest absolute Gasteiger partial charge is 0.263 e. The van der Waals surface area contributed by atoms with Crippen LogP contribution in [0.2, 0.25) is 0 Å². The van der Waals surface area contributed by atoms with Gasteiger partial charge < -0.3 is 11.1 Å². The molecule has 1 amide bonds. The van der Waals surface area contributed by atoms with Crippen LogP contribution in [0.25, 0.3) is 10.4 Å². The van der Waals surface area contributed by atoms with Gasteiger partial charge in [0.25, 0.3) is 10.0 Å². The molecule has 0 saturated carbocycles. The number of amides is 1. The minimum Gasteiger partial charge on any atom is -0.383 e. The molecule has 0 bridgehead atoms. The summed E-state index contributed by atoms with van der Waals surface area (Å²) in [6.07, 6.45) is 1.57. The Bertz CT molecular complexity index is 1640. The number of nitrogens with one attached hydrogen (secondary N) is 2. The fraction of sp³-hybridized carbons (Fsp3) is 0.0800. The molecule has 0 spiro atoms. The number of nitrogen functional groups attached to an aromatic ring is 1. The number of aromatic nitrogens is 2. The second-order valence-electron chi connectivity index (χ2n) is 7.62. The molecule has 0 fully saturated rings. The Kier molecular flexibility index (Phi) is 8.23. The Balaban J connectivity index is 1.39. The number of sulfonamides is 1. The van der Waals surface area contributed by atoms with E-state index in [2.05, 4.69) is 26.1 Å². The number of hydrogen-bond acceptors (Lipinski definition) is 10. The number of rotatable bonds is 9. The summed E-state index contributed by atoms with van der Waals surface area (Å²) in [7, 11) is -3.83. The first-order valence-corrected chi connectivity index (χ1v) is 14.3. The number of benzene rings is 1. The van der Waals surface area contributed by atoms with Gasteiger partial charge in [-0.25, -0.2) is 18.4 Å². The van der Waals surface area contributed by atoms with Gasteiger partial charge in [-0.2, -0.15) is 10.5 Å². The van der Waals surface area contributed by atoms with Crippen molar-refractivity contribution in [1.29, 1.82) is 10.5 Å². The van der Waals surface area contributed by atoms with E-state index in [-0.39, 0.29) is 40.0 Å². The summed E-state index contributed by atoms with van der Waals surface area (Å²) >= 11 is 2.57. The molecule has 0 aliphatic carbocycles. The topological polar surface area (TPSA) is 175 Å². The molecule has 4 N–H and O–H groups in total. The Labute approximate surface area is 227 Å². The van der Waals surface area contributed by atoms with Gasteiger partial charge in [-0.15, -0.1) is 23.1 Å². The molecular weight excluding hydrogens is 543 g/mol. The predicted octanol–water partition coefficient (Wildman–Crippen LogP) is 4.45. The van der Waals surface area contributed by atoms with E-state index in [9.17, 15) is 23.7 Å². The second-order valence-corrected chi connectivity index (χ2v) is 11.3. The molecule has 1 aromatic carbocycles. The summed E-state index contributed by atoms with van der Waals surface area (Å²) in [6.45, 7) is 0. The number of nitrogens with zero attached hydrogens (tertiary/aromatic N) is 4. The van der Waals surface area contributed by atoms with Crippen LogP contribution in [0.1, 0.15) is 17.5 Å². The van der Waals surface area contributed by atoms with Gasteiger partial charge in [-0.3, -0.25) is 9.52 Å². The lowest BCUT2D eigenvalue weighted by Gasteiger charge is -2.12. The Morgan fingerprint density at radius 3 is 2.45 bits per heavy atom. The lowest BCUT2D eigenvalue weighted by molar-refractivity contribution is -0.115. The first kappa shape index (κ1) is 26.6. The van der Waals surface area contributed by atoms with Crippen LogP contribution in [0, 0.1) is 22.7 Å². The van der Waals surface area contributed by atoms with Gasteiger partial charge in [0.15, 0.2) is 0 Å². The molecule has 10 nitrogen and oxygen atoms in total. The van der Waals surface area contributed by atoms with Gasteiger partial charge in [-0.05, 0) is 47.8 Å².